The molecule has 3 rings (SSSR count). The summed E-state index contributed by atoms with van der Waals surface area (Å²) in [5.41, 5.74) is 3.17. The lowest BCUT2D eigenvalue weighted by atomic mass is 10.2. The summed E-state index contributed by atoms with van der Waals surface area (Å²) in [5.74, 6) is -1.99. The Labute approximate surface area is 194 Å². The van der Waals surface area contributed by atoms with E-state index >= 15 is 0 Å². The minimum absolute atomic E-state index is 0.183. The van der Waals surface area contributed by atoms with Crippen LogP contribution in [0.15, 0.2) is 71.8 Å². The fourth-order valence-electron chi connectivity index (χ4n) is 2.67. The van der Waals surface area contributed by atoms with Gasteiger partial charge in [-0.15, -0.1) is 0 Å². The molecule has 3 aromatic rings. The molecule has 0 saturated heterocycles. The first-order chi connectivity index (χ1) is 16.4. The topological polar surface area (TPSA) is 115 Å². The number of halogens is 1. The van der Waals surface area contributed by atoms with Crippen LogP contribution in [-0.2, 0) is 9.59 Å². The summed E-state index contributed by atoms with van der Waals surface area (Å²) in [6, 6.07) is 16.0. The van der Waals surface area contributed by atoms with Crippen molar-refractivity contribution in [1.29, 1.82) is 0 Å². The Kier molecular flexibility index (Phi) is 7.90. The Balaban J connectivity index is 1.59. The van der Waals surface area contributed by atoms with Crippen LogP contribution in [0.1, 0.15) is 15.9 Å². The lowest BCUT2D eigenvalue weighted by Gasteiger charge is -2.10. The van der Waals surface area contributed by atoms with Crippen LogP contribution in [0.5, 0.6) is 17.2 Å². The van der Waals surface area contributed by atoms with Gasteiger partial charge in [0.1, 0.15) is 11.6 Å². The number of methoxy groups -OCH3 is 2. The summed E-state index contributed by atoms with van der Waals surface area (Å²) in [4.78, 5) is 36.1. The van der Waals surface area contributed by atoms with E-state index in [0.717, 1.165) is 12.1 Å². The summed E-state index contributed by atoms with van der Waals surface area (Å²) in [6.45, 7) is 0. The van der Waals surface area contributed by atoms with Gasteiger partial charge in [0, 0.05) is 5.69 Å². The van der Waals surface area contributed by atoms with Gasteiger partial charge in [-0.1, -0.05) is 0 Å². The summed E-state index contributed by atoms with van der Waals surface area (Å²) in [5, 5.41) is 6.04. The molecule has 3 aromatic carbocycles. The maximum Gasteiger partial charge on any atom is 0.343 e. The van der Waals surface area contributed by atoms with Gasteiger partial charge in [-0.25, -0.2) is 14.6 Å². The van der Waals surface area contributed by atoms with E-state index in [9.17, 15) is 18.8 Å². The number of benzene rings is 3. The SMILES string of the molecule is COc1ccc(C(=O)Oc2ccc(/C=N\NC(=O)C(=O)Nc3ccc(F)cc3)cc2OC)cc1. The molecule has 0 aromatic heterocycles. The van der Waals surface area contributed by atoms with Crippen LogP contribution in [0.2, 0.25) is 0 Å². The zero-order valence-corrected chi connectivity index (χ0v) is 18.2. The molecule has 0 aliphatic carbocycles. The molecule has 2 amide bonds. The van der Waals surface area contributed by atoms with E-state index in [0.29, 0.717) is 16.9 Å². The van der Waals surface area contributed by atoms with E-state index < -0.39 is 23.6 Å². The fourth-order valence-corrected chi connectivity index (χ4v) is 2.67. The van der Waals surface area contributed by atoms with Crippen molar-refractivity contribution in [2.45, 2.75) is 0 Å². The maximum absolute atomic E-state index is 12.9. The van der Waals surface area contributed by atoms with Gasteiger partial charge in [0.25, 0.3) is 0 Å². The third kappa shape index (κ3) is 6.39. The number of carbonyl (C=O) groups excluding carboxylic acids is 3. The molecule has 174 valence electrons. The average molecular weight is 465 g/mol. The van der Waals surface area contributed by atoms with Crippen molar-refractivity contribution in [1.82, 2.24) is 5.43 Å². The fraction of sp³-hybridized carbons (Fsp3) is 0.0833. The van der Waals surface area contributed by atoms with E-state index in [1.54, 1.807) is 30.3 Å². The number of amides is 2. The summed E-state index contributed by atoms with van der Waals surface area (Å²) in [6.07, 6.45) is 1.28. The second-order valence-electron chi connectivity index (χ2n) is 6.69. The molecule has 0 unspecified atom stereocenters. The number of nitrogens with one attached hydrogen (secondary N) is 2. The number of hydrazone groups is 1. The zero-order chi connectivity index (χ0) is 24.5. The Morgan fingerprint density at radius 1 is 0.853 bits per heavy atom. The van der Waals surface area contributed by atoms with Gasteiger partial charge in [-0.2, -0.15) is 5.10 Å². The highest BCUT2D eigenvalue weighted by molar-refractivity contribution is 6.39. The normalized spacial score (nSPS) is 10.4. The first-order valence-electron chi connectivity index (χ1n) is 9.84. The lowest BCUT2D eigenvalue weighted by molar-refractivity contribution is -0.136. The van der Waals surface area contributed by atoms with Crippen LogP contribution >= 0.6 is 0 Å². The average Bonchev–Trinajstić information content (AvgIpc) is 2.86. The molecule has 0 radical (unpaired) electrons. The van der Waals surface area contributed by atoms with E-state index in [4.69, 9.17) is 14.2 Å². The third-order valence-electron chi connectivity index (χ3n) is 4.40. The van der Waals surface area contributed by atoms with Crippen LogP contribution in [0.25, 0.3) is 0 Å². The number of hydrogen-bond donors (Lipinski definition) is 2. The van der Waals surface area contributed by atoms with Crippen molar-refractivity contribution >= 4 is 29.7 Å². The Morgan fingerprint density at radius 3 is 2.21 bits per heavy atom. The Bertz CT molecular complexity index is 1210. The second kappa shape index (κ2) is 11.2. The van der Waals surface area contributed by atoms with E-state index in [1.807, 2.05) is 0 Å². The molecule has 0 spiro atoms. The van der Waals surface area contributed by atoms with Crippen molar-refractivity contribution in [3.05, 3.63) is 83.7 Å². The highest BCUT2D eigenvalue weighted by Crippen LogP contribution is 2.28. The summed E-state index contributed by atoms with van der Waals surface area (Å²) >= 11 is 0. The highest BCUT2D eigenvalue weighted by atomic mass is 19.1. The van der Waals surface area contributed by atoms with Crippen LogP contribution in [-0.4, -0.2) is 38.2 Å². The molecular formula is C24H20FN3O6. The Hall–Kier alpha value is -4.73. The highest BCUT2D eigenvalue weighted by Gasteiger charge is 2.14. The molecule has 0 saturated carbocycles. The number of esters is 1. The number of ether oxygens (including phenoxy) is 3. The van der Waals surface area contributed by atoms with Gasteiger partial charge >= 0.3 is 17.8 Å². The molecular weight excluding hydrogens is 445 g/mol. The number of anilines is 1. The van der Waals surface area contributed by atoms with Gasteiger partial charge in [-0.05, 0) is 72.3 Å². The van der Waals surface area contributed by atoms with E-state index in [-0.39, 0.29) is 17.2 Å². The van der Waals surface area contributed by atoms with E-state index in [1.165, 1.54) is 44.7 Å². The lowest BCUT2D eigenvalue weighted by Crippen LogP contribution is -2.32. The number of carbonyl (C=O) groups is 3. The van der Waals surface area contributed by atoms with Crippen molar-refractivity contribution in [3.63, 3.8) is 0 Å². The molecule has 34 heavy (non-hydrogen) atoms. The third-order valence-corrected chi connectivity index (χ3v) is 4.40. The number of nitrogens with zero attached hydrogens (tertiary/aromatic N) is 1. The zero-order valence-electron chi connectivity index (χ0n) is 18.2. The predicted molar refractivity (Wildman–Crippen MR) is 122 cm³/mol. The smallest absolute Gasteiger partial charge is 0.343 e. The minimum Gasteiger partial charge on any atom is -0.497 e. The minimum atomic E-state index is -1.02. The van der Waals surface area contributed by atoms with E-state index in [2.05, 4.69) is 15.8 Å². The monoisotopic (exact) mass is 465 g/mol. The van der Waals surface area contributed by atoms with Crippen LogP contribution in [0.3, 0.4) is 0 Å². The van der Waals surface area contributed by atoms with Crippen LogP contribution in [0.4, 0.5) is 10.1 Å². The number of rotatable bonds is 7. The number of hydrogen-bond acceptors (Lipinski definition) is 7. The molecule has 2 N–H and O–H groups in total. The van der Waals surface area contributed by atoms with Gasteiger partial charge in [0.2, 0.25) is 0 Å². The van der Waals surface area contributed by atoms with Crippen LogP contribution in [0, 0.1) is 5.82 Å². The summed E-state index contributed by atoms with van der Waals surface area (Å²) < 4.78 is 28.6. The molecule has 0 atom stereocenters. The maximum atomic E-state index is 12.9. The molecule has 0 fully saturated rings. The predicted octanol–water partition coefficient (Wildman–Crippen LogP) is 3.15. The van der Waals surface area contributed by atoms with Crippen molar-refractivity contribution in [3.8, 4) is 17.2 Å². The molecule has 0 bridgehead atoms. The standard InChI is InChI=1S/C24H20FN3O6/c1-32-19-10-4-16(5-11-19)24(31)34-20-12-3-15(13-21(20)33-2)14-26-28-23(30)22(29)27-18-8-6-17(25)7-9-18/h3-14H,1-2H3,(H,27,29)(H,28,30)/b26-14-. The quantitative estimate of drug-likeness (QED) is 0.182. The van der Waals surface area contributed by atoms with Crippen LogP contribution < -0.4 is 25.0 Å². The first kappa shape index (κ1) is 23.9. The van der Waals surface area contributed by atoms with Crippen molar-refractivity contribution in [2.24, 2.45) is 5.10 Å². The molecule has 0 heterocycles. The summed E-state index contributed by atoms with van der Waals surface area (Å²) in [7, 11) is 2.93. The van der Waals surface area contributed by atoms with Gasteiger partial charge in [0.15, 0.2) is 11.5 Å². The van der Waals surface area contributed by atoms with Gasteiger partial charge in [-0.3, -0.25) is 9.59 Å². The second-order valence-corrected chi connectivity index (χ2v) is 6.69. The van der Waals surface area contributed by atoms with Crippen molar-refractivity contribution < 1.29 is 33.0 Å². The Morgan fingerprint density at radius 2 is 1.56 bits per heavy atom. The van der Waals surface area contributed by atoms with Crippen molar-refractivity contribution in [2.75, 3.05) is 19.5 Å². The first-order valence-corrected chi connectivity index (χ1v) is 9.84. The van der Waals surface area contributed by atoms with Gasteiger partial charge < -0.3 is 19.5 Å². The molecule has 0 aliphatic rings. The largest absolute Gasteiger partial charge is 0.497 e. The molecule has 0 aliphatic heterocycles. The molecule has 9 nitrogen and oxygen atoms in total. The molecule has 10 heteroatoms. The van der Waals surface area contributed by atoms with Gasteiger partial charge in [0.05, 0.1) is 26.0 Å².